The number of rotatable bonds is 4. The van der Waals surface area contributed by atoms with E-state index in [0.717, 1.165) is 18.2 Å². The lowest BCUT2D eigenvalue weighted by molar-refractivity contribution is 0.688. The fourth-order valence-corrected chi connectivity index (χ4v) is 2.60. The van der Waals surface area contributed by atoms with E-state index in [4.69, 9.17) is 23.2 Å². The van der Waals surface area contributed by atoms with Gasteiger partial charge in [0.2, 0.25) is 0 Å². The Morgan fingerprint density at radius 3 is 2.55 bits per heavy atom. The SMILES string of the molecule is Cc1ccc(CNC2CC2)cc1-c1ccc(Cl)c(Cl)c1. The van der Waals surface area contributed by atoms with Crippen LogP contribution in [-0.2, 0) is 6.54 Å². The van der Waals surface area contributed by atoms with Gasteiger partial charge in [-0.05, 0) is 60.2 Å². The molecule has 3 heteroatoms. The second kappa shape index (κ2) is 5.77. The maximum absolute atomic E-state index is 6.12. The lowest BCUT2D eigenvalue weighted by atomic mass is 9.98. The smallest absolute Gasteiger partial charge is 0.0598 e. The first-order chi connectivity index (χ1) is 9.63. The number of halogens is 2. The highest BCUT2D eigenvalue weighted by atomic mass is 35.5. The van der Waals surface area contributed by atoms with Gasteiger partial charge in [0.05, 0.1) is 10.0 Å². The van der Waals surface area contributed by atoms with Crippen LogP contribution >= 0.6 is 23.2 Å². The van der Waals surface area contributed by atoms with Crippen molar-refractivity contribution >= 4 is 23.2 Å². The molecule has 104 valence electrons. The lowest BCUT2D eigenvalue weighted by Gasteiger charge is -2.11. The van der Waals surface area contributed by atoms with E-state index in [2.05, 4.69) is 30.4 Å². The van der Waals surface area contributed by atoms with E-state index in [1.807, 2.05) is 18.2 Å². The Bertz CT molecular complexity index is 633. The Morgan fingerprint density at radius 1 is 1.05 bits per heavy atom. The van der Waals surface area contributed by atoms with Gasteiger partial charge in [-0.15, -0.1) is 0 Å². The lowest BCUT2D eigenvalue weighted by Crippen LogP contribution is -2.15. The summed E-state index contributed by atoms with van der Waals surface area (Å²) in [7, 11) is 0. The maximum atomic E-state index is 6.12. The van der Waals surface area contributed by atoms with Crippen molar-refractivity contribution in [1.82, 2.24) is 5.32 Å². The molecule has 20 heavy (non-hydrogen) atoms. The summed E-state index contributed by atoms with van der Waals surface area (Å²) < 4.78 is 0. The van der Waals surface area contributed by atoms with Crippen LogP contribution < -0.4 is 5.32 Å². The minimum Gasteiger partial charge on any atom is -0.310 e. The van der Waals surface area contributed by atoms with Gasteiger partial charge in [0, 0.05) is 12.6 Å². The third kappa shape index (κ3) is 3.17. The van der Waals surface area contributed by atoms with Crippen molar-refractivity contribution in [3.8, 4) is 11.1 Å². The van der Waals surface area contributed by atoms with E-state index < -0.39 is 0 Å². The fraction of sp³-hybridized carbons (Fsp3) is 0.294. The molecule has 2 aromatic rings. The zero-order valence-electron chi connectivity index (χ0n) is 11.4. The van der Waals surface area contributed by atoms with Crippen LogP contribution in [-0.4, -0.2) is 6.04 Å². The first-order valence-electron chi connectivity index (χ1n) is 6.92. The normalized spacial score (nSPS) is 14.6. The topological polar surface area (TPSA) is 12.0 Å². The van der Waals surface area contributed by atoms with Crippen molar-refractivity contribution in [2.24, 2.45) is 0 Å². The molecule has 0 aromatic heterocycles. The second-order valence-electron chi connectivity index (χ2n) is 5.43. The molecule has 0 heterocycles. The van der Waals surface area contributed by atoms with Crippen LogP contribution in [0, 0.1) is 6.92 Å². The van der Waals surface area contributed by atoms with Gasteiger partial charge >= 0.3 is 0 Å². The van der Waals surface area contributed by atoms with E-state index in [1.165, 1.54) is 29.5 Å². The Morgan fingerprint density at radius 2 is 1.85 bits per heavy atom. The Labute approximate surface area is 129 Å². The first kappa shape index (κ1) is 13.9. The zero-order chi connectivity index (χ0) is 14.1. The molecule has 3 rings (SSSR count). The molecule has 0 amide bonds. The van der Waals surface area contributed by atoms with Crippen LogP contribution in [0.3, 0.4) is 0 Å². The summed E-state index contributed by atoms with van der Waals surface area (Å²) in [5, 5.41) is 4.74. The average Bonchev–Trinajstić information content (AvgIpc) is 3.25. The van der Waals surface area contributed by atoms with Crippen molar-refractivity contribution < 1.29 is 0 Å². The Balaban J connectivity index is 1.89. The van der Waals surface area contributed by atoms with E-state index in [1.54, 1.807) is 0 Å². The highest BCUT2D eigenvalue weighted by molar-refractivity contribution is 6.42. The number of hydrogen-bond donors (Lipinski definition) is 1. The largest absolute Gasteiger partial charge is 0.310 e. The molecule has 1 nitrogen and oxygen atoms in total. The number of aryl methyl sites for hydroxylation is 1. The van der Waals surface area contributed by atoms with Gasteiger partial charge in [0.1, 0.15) is 0 Å². The molecule has 0 saturated heterocycles. The van der Waals surface area contributed by atoms with Crippen molar-refractivity contribution in [3.05, 3.63) is 57.6 Å². The summed E-state index contributed by atoms with van der Waals surface area (Å²) in [5.41, 5.74) is 4.89. The predicted molar refractivity (Wildman–Crippen MR) is 86.5 cm³/mol. The van der Waals surface area contributed by atoms with Crippen LogP contribution in [0.5, 0.6) is 0 Å². The van der Waals surface area contributed by atoms with Crippen molar-refractivity contribution in [1.29, 1.82) is 0 Å². The molecule has 1 saturated carbocycles. The third-order valence-electron chi connectivity index (χ3n) is 3.70. The summed E-state index contributed by atoms with van der Waals surface area (Å²) in [6.07, 6.45) is 2.62. The molecule has 1 N–H and O–H groups in total. The summed E-state index contributed by atoms with van der Waals surface area (Å²) in [5.74, 6) is 0. The molecular weight excluding hydrogens is 289 g/mol. The number of hydrogen-bond acceptors (Lipinski definition) is 1. The highest BCUT2D eigenvalue weighted by Gasteiger charge is 2.20. The Kier molecular flexibility index (Phi) is 4.02. The summed E-state index contributed by atoms with van der Waals surface area (Å²) in [4.78, 5) is 0. The minimum absolute atomic E-state index is 0.597. The fourth-order valence-electron chi connectivity index (χ4n) is 2.30. The van der Waals surface area contributed by atoms with Gasteiger partial charge in [0.15, 0.2) is 0 Å². The predicted octanol–water partition coefficient (Wildman–Crippen LogP) is 5.22. The second-order valence-corrected chi connectivity index (χ2v) is 6.25. The molecule has 0 atom stereocenters. The Hall–Kier alpha value is -1.02. The van der Waals surface area contributed by atoms with Gasteiger partial charge in [0.25, 0.3) is 0 Å². The van der Waals surface area contributed by atoms with Crippen LogP contribution in [0.2, 0.25) is 10.0 Å². The van der Waals surface area contributed by atoms with Crippen molar-refractivity contribution in [2.75, 3.05) is 0 Å². The van der Waals surface area contributed by atoms with Crippen molar-refractivity contribution in [3.63, 3.8) is 0 Å². The van der Waals surface area contributed by atoms with Crippen LogP contribution in [0.15, 0.2) is 36.4 Å². The molecule has 0 bridgehead atoms. The van der Waals surface area contributed by atoms with Gasteiger partial charge in [-0.2, -0.15) is 0 Å². The van der Waals surface area contributed by atoms with Gasteiger partial charge in [-0.3, -0.25) is 0 Å². The summed E-state index contributed by atoms with van der Waals surface area (Å²) >= 11 is 12.1. The van der Waals surface area contributed by atoms with Gasteiger partial charge in [-0.1, -0.05) is 41.4 Å². The van der Waals surface area contributed by atoms with Crippen LogP contribution in [0.25, 0.3) is 11.1 Å². The van der Waals surface area contributed by atoms with Crippen LogP contribution in [0.4, 0.5) is 0 Å². The summed E-state index contributed by atoms with van der Waals surface area (Å²) in [6, 6.07) is 13.1. The quantitative estimate of drug-likeness (QED) is 0.816. The molecule has 1 aliphatic rings. The monoisotopic (exact) mass is 305 g/mol. The van der Waals surface area contributed by atoms with Crippen LogP contribution in [0.1, 0.15) is 24.0 Å². The molecular formula is C17H17Cl2N. The van der Waals surface area contributed by atoms with E-state index in [-0.39, 0.29) is 0 Å². The standard InChI is InChI=1S/C17H17Cl2N/c1-11-2-3-12(10-20-14-5-6-14)8-15(11)13-4-7-16(18)17(19)9-13/h2-4,7-9,14,20H,5-6,10H2,1H3. The number of benzene rings is 2. The first-order valence-corrected chi connectivity index (χ1v) is 7.67. The van der Waals surface area contributed by atoms with Gasteiger partial charge in [-0.25, -0.2) is 0 Å². The third-order valence-corrected chi connectivity index (χ3v) is 4.44. The zero-order valence-corrected chi connectivity index (χ0v) is 12.9. The van der Waals surface area contributed by atoms with E-state index in [9.17, 15) is 0 Å². The highest BCUT2D eigenvalue weighted by Crippen LogP contribution is 2.31. The molecule has 2 aromatic carbocycles. The molecule has 1 fully saturated rings. The minimum atomic E-state index is 0.597. The van der Waals surface area contributed by atoms with E-state index >= 15 is 0 Å². The summed E-state index contributed by atoms with van der Waals surface area (Å²) in [6.45, 7) is 3.05. The molecule has 0 unspecified atom stereocenters. The number of nitrogens with one attached hydrogen (secondary N) is 1. The molecule has 0 spiro atoms. The molecule has 0 aliphatic heterocycles. The van der Waals surface area contributed by atoms with Gasteiger partial charge < -0.3 is 5.32 Å². The van der Waals surface area contributed by atoms with E-state index in [0.29, 0.717) is 10.0 Å². The average molecular weight is 306 g/mol. The molecule has 1 aliphatic carbocycles. The molecule has 0 radical (unpaired) electrons. The maximum Gasteiger partial charge on any atom is 0.0598 e. The van der Waals surface area contributed by atoms with Crippen molar-refractivity contribution in [2.45, 2.75) is 32.4 Å².